The summed E-state index contributed by atoms with van der Waals surface area (Å²) < 4.78 is 27.7. The molecule has 0 bridgehead atoms. The maximum Gasteiger partial charge on any atom is 0.262 e. The summed E-state index contributed by atoms with van der Waals surface area (Å²) in [5.41, 5.74) is 0.101. The summed E-state index contributed by atoms with van der Waals surface area (Å²) in [5, 5.41) is 12.5. The van der Waals surface area contributed by atoms with Crippen LogP contribution in [0.1, 0.15) is 13.8 Å². The number of fused-ring (bicyclic) bond motifs is 1. The van der Waals surface area contributed by atoms with E-state index in [2.05, 4.69) is 10.3 Å². The summed E-state index contributed by atoms with van der Waals surface area (Å²) in [6, 6.07) is 7.71. The Kier molecular flexibility index (Phi) is 6.74. The Morgan fingerprint density at radius 3 is 2.63 bits per heavy atom. The monoisotopic (exact) mass is 453 g/mol. The number of nitrogens with zero attached hydrogens (tertiary/aromatic N) is 2. The molecule has 0 aliphatic carbocycles. The fourth-order valence-corrected chi connectivity index (χ4v) is 3.80. The van der Waals surface area contributed by atoms with Gasteiger partial charge in [-0.2, -0.15) is 0 Å². The topological polar surface area (TPSA) is 84.2 Å². The van der Waals surface area contributed by atoms with Crippen LogP contribution in [-0.4, -0.2) is 31.9 Å². The molecule has 3 aromatic rings. The third-order valence-corrected chi connectivity index (χ3v) is 5.49. The molecule has 0 aliphatic heterocycles. The molecule has 1 heterocycles. The van der Waals surface area contributed by atoms with Gasteiger partial charge < -0.3 is 10.4 Å². The van der Waals surface area contributed by atoms with Crippen LogP contribution in [0.5, 0.6) is 0 Å². The van der Waals surface area contributed by atoms with Crippen molar-refractivity contribution in [2.45, 2.75) is 36.9 Å². The number of aliphatic hydroxyl groups excluding tert-OH is 1. The molecule has 0 fully saturated rings. The van der Waals surface area contributed by atoms with Gasteiger partial charge in [0.05, 0.1) is 28.8 Å². The first-order valence-corrected chi connectivity index (χ1v) is 10.2. The van der Waals surface area contributed by atoms with Gasteiger partial charge in [0.25, 0.3) is 5.56 Å². The van der Waals surface area contributed by atoms with Crippen molar-refractivity contribution in [3.05, 3.63) is 63.4 Å². The smallest absolute Gasteiger partial charge is 0.262 e. The summed E-state index contributed by atoms with van der Waals surface area (Å²) in [4.78, 5) is 29.8. The van der Waals surface area contributed by atoms with Crippen LogP contribution < -0.4 is 10.9 Å². The molecule has 0 unspecified atom stereocenters. The van der Waals surface area contributed by atoms with Gasteiger partial charge in [-0.15, -0.1) is 0 Å². The second-order valence-corrected chi connectivity index (χ2v) is 8.44. The minimum absolute atomic E-state index is 0.00968. The van der Waals surface area contributed by atoms with Crippen LogP contribution in [-0.2, 0) is 11.3 Å². The van der Waals surface area contributed by atoms with Crippen LogP contribution >= 0.6 is 23.4 Å². The molecule has 2 atom stereocenters. The lowest BCUT2D eigenvalue weighted by molar-refractivity contribution is -0.115. The molecule has 0 aliphatic rings. The van der Waals surface area contributed by atoms with Gasteiger partial charge in [-0.1, -0.05) is 23.4 Å². The maximum absolute atomic E-state index is 13.4. The third kappa shape index (κ3) is 4.97. The van der Waals surface area contributed by atoms with Gasteiger partial charge in [-0.3, -0.25) is 14.2 Å². The lowest BCUT2D eigenvalue weighted by atomic mass is 10.2. The molecular formula is C20H18ClF2N3O3S. The van der Waals surface area contributed by atoms with Crippen molar-refractivity contribution < 1.29 is 18.7 Å². The number of aromatic nitrogens is 2. The molecule has 3 rings (SSSR count). The van der Waals surface area contributed by atoms with Gasteiger partial charge in [-0.05, 0) is 44.2 Å². The largest absolute Gasteiger partial charge is 0.392 e. The van der Waals surface area contributed by atoms with Crippen molar-refractivity contribution in [1.82, 2.24) is 9.55 Å². The minimum Gasteiger partial charge on any atom is -0.392 e. The molecule has 158 valence electrons. The number of aliphatic hydroxyl groups is 1. The zero-order valence-electron chi connectivity index (χ0n) is 16.0. The molecule has 2 aromatic carbocycles. The fraction of sp³-hybridized carbons (Fsp3) is 0.250. The molecule has 6 nitrogen and oxygen atoms in total. The van der Waals surface area contributed by atoms with E-state index in [1.165, 1.54) is 17.6 Å². The normalized spacial score (nSPS) is 13.3. The fourth-order valence-electron chi connectivity index (χ4n) is 2.72. The van der Waals surface area contributed by atoms with Gasteiger partial charge in [-0.25, -0.2) is 13.8 Å². The molecule has 0 radical (unpaired) electrons. The molecular weight excluding hydrogens is 436 g/mol. The number of thioether (sulfide) groups is 1. The number of rotatable bonds is 6. The molecule has 1 aromatic heterocycles. The van der Waals surface area contributed by atoms with Crippen LogP contribution in [0.25, 0.3) is 10.9 Å². The van der Waals surface area contributed by atoms with Crippen LogP contribution in [0, 0.1) is 11.6 Å². The Hall–Kier alpha value is -2.49. The van der Waals surface area contributed by atoms with Gasteiger partial charge in [0, 0.05) is 16.8 Å². The Morgan fingerprint density at radius 2 is 1.97 bits per heavy atom. The summed E-state index contributed by atoms with van der Waals surface area (Å²) in [6.45, 7) is 3.11. The molecule has 0 spiro atoms. The van der Waals surface area contributed by atoms with Crippen LogP contribution in [0.3, 0.4) is 0 Å². The molecule has 2 N–H and O–H groups in total. The predicted octanol–water partition coefficient (Wildman–Crippen LogP) is 3.83. The molecule has 0 saturated carbocycles. The van der Waals surface area contributed by atoms with Gasteiger partial charge in [0.1, 0.15) is 0 Å². The lowest BCUT2D eigenvalue weighted by Gasteiger charge is -2.17. The van der Waals surface area contributed by atoms with Crippen molar-refractivity contribution in [3.63, 3.8) is 0 Å². The zero-order valence-corrected chi connectivity index (χ0v) is 17.6. The number of halogens is 3. The Morgan fingerprint density at radius 1 is 1.23 bits per heavy atom. The minimum atomic E-state index is -1.08. The number of anilines is 1. The van der Waals surface area contributed by atoms with E-state index in [0.717, 1.165) is 23.9 Å². The SMILES string of the molecule is C[C@H](O)Cn1c(S[C@H](C)C(=O)Nc2ccc(F)c(F)c2)nc2cc(Cl)ccc2c1=O. The summed E-state index contributed by atoms with van der Waals surface area (Å²) >= 11 is 7.00. The highest BCUT2D eigenvalue weighted by Crippen LogP contribution is 2.25. The standard InChI is InChI=1S/C20H18ClF2N3O3S/c1-10(27)9-26-19(29)14-5-3-12(21)7-17(14)25-20(26)30-11(2)18(28)24-13-4-6-15(22)16(23)8-13/h3-8,10-11,27H,9H2,1-2H3,(H,24,28)/t10-,11+/m0/s1. The molecule has 10 heteroatoms. The van der Waals surface area contributed by atoms with Gasteiger partial charge >= 0.3 is 0 Å². The van der Waals surface area contributed by atoms with E-state index in [9.17, 15) is 23.5 Å². The summed E-state index contributed by atoms with van der Waals surface area (Å²) in [6.07, 6.45) is -0.820. The van der Waals surface area contributed by atoms with Crippen molar-refractivity contribution in [2.24, 2.45) is 0 Å². The van der Waals surface area contributed by atoms with E-state index >= 15 is 0 Å². The van der Waals surface area contributed by atoms with E-state index in [0.29, 0.717) is 15.9 Å². The molecule has 0 saturated heterocycles. The predicted molar refractivity (Wildman–Crippen MR) is 113 cm³/mol. The second kappa shape index (κ2) is 9.11. The lowest BCUT2D eigenvalue weighted by Crippen LogP contribution is -2.29. The van der Waals surface area contributed by atoms with Crippen molar-refractivity contribution in [1.29, 1.82) is 0 Å². The van der Waals surface area contributed by atoms with Crippen LogP contribution in [0.2, 0.25) is 5.02 Å². The third-order valence-electron chi connectivity index (χ3n) is 4.17. The quantitative estimate of drug-likeness (QED) is 0.438. The first-order chi connectivity index (χ1) is 14.2. The van der Waals surface area contributed by atoms with E-state index in [4.69, 9.17) is 11.6 Å². The van der Waals surface area contributed by atoms with Crippen LogP contribution in [0.4, 0.5) is 14.5 Å². The second-order valence-electron chi connectivity index (χ2n) is 6.70. The number of hydrogen-bond donors (Lipinski definition) is 2. The van der Waals surface area contributed by atoms with Crippen LogP contribution in [0.15, 0.2) is 46.3 Å². The highest BCUT2D eigenvalue weighted by Gasteiger charge is 2.21. The Balaban J connectivity index is 1.91. The number of carbonyl (C=O) groups is 1. The van der Waals surface area contributed by atoms with E-state index in [-0.39, 0.29) is 22.9 Å². The average molecular weight is 454 g/mol. The molecule has 30 heavy (non-hydrogen) atoms. The Labute approximate surface area is 179 Å². The number of nitrogens with one attached hydrogen (secondary N) is 1. The number of hydrogen-bond acceptors (Lipinski definition) is 5. The first-order valence-electron chi connectivity index (χ1n) is 8.96. The number of benzene rings is 2. The summed E-state index contributed by atoms with van der Waals surface area (Å²) in [7, 11) is 0. The van der Waals surface area contributed by atoms with E-state index < -0.39 is 28.9 Å². The van der Waals surface area contributed by atoms with Gasteiger partial charge in [0.2, 0.25) is 5.91 Å². The van der Waals surface area contributed by atoms with Gasteiger partial charge in [0.15, 0.2) is 16.8 Å². The highest BCUT2D eigenvalue weighted by atomic mass is 35.5. The number of carbonyl (C=O) groups excluding carboxylic acids is 1. The van der Waals surface area contributed by atoms with E-state index in [1.807, 2.05) is 0 Å². The first kappa shape index (κ1) is 22.2. The maximum atomic E-state index is 13.4. The van der Waals surface area contributed by atoms with Crippen molar-refractivity contribution in [2.75, 3.05) is 5.32 Å². The Bertz CT molecular complexity index is 1170. The van der Waals surface area contributed by atoms with E-state index in [1.54, 1.807) is 25.1 Å². The molecule has 1 amide bonds. The highest BCUT2D eigenvalue weighted by molar-refractivity contribution is 8.00. The summed E-state index contributed by atoms with van der Waals surface area (Å²) in [5.74, 6) is -2.58. The average Bonchev–Trinajstić information content (AvgIpc) is 2.67. The number of amides is 1. The van der Waals surface area contributed by atoms with Crippen molar-refractivity contribution in [3.8, 4) is 0 Å². The van der Waals surface area contributed by atoms with Crippen molar-refractivity contribution >= 4 is 45.9 Å². The zero-order chi connectivity index (χ0) is 22.0.